The number of nitrogens with one attached hydrogen (secondary N) is 1. The van der Waals surface area contributed by atoms with Gasteiger partial charge < -0.3 is 20.0 Å². The van der Waals surface area contributed by atoms with Crippen LogP contribution in [0.1, 0.15) is 5.82 Å². The van der Waals surface area contributed by atoms with Gasteiger partial charge in [-0.25, -0.2) is 9.37 Å². The van der Waals surface area contributed by atoms with Gasteiger partial charge in [-0.05, 0) is 24.3 Å². The number of aromatic amines is 1. The fourth-order valence-electron chi connectivity index (χ4n) is 2.73. The van der Waals surface area contributed by atoms with Crippen LogP contribution in [0.4, 0.5) is 14.5 Å². The Labute approximate surface area is 151 Å². The van der Waals surface area contributed by atoms with Gasteiger partial charge in [-0.1, -0.05) is 18.2 Å². The third kappa shape index (κ3) is 3.12. The minimum atomic E-state index is -1.13. The molecule has 0 radical (unpaired) electrons. The zero-order valence-electron chi connectivity index (χ0n) is 13.9. The Bertz CT molecular complexity index is 1190. The third-order valence-corrected chi connectivity index (χ3v) is 4.01. The summed E-state index contributed by atoms with van der Waals surface area (Å²) in [5.74, 6) is -1.84. The number of hydrogen-bond acceptors (Lipinski definition) is 4. The average Bonchev–Trinajstić information content (AvgIpc) is 3.06. The number of nitrogens with zero attached hydrogens (tertiary/aromatic N) is 2. The van der Waals surface area contributed by atoms with Crippen molar-refractivity contribution in [3.63, 3.8) is 0 Å². The molecule has 4 aromatic rings. The second-order valence-electron chi connectivity index (χ2n) is 5.89. The van der Waals surface area contributed by atoms with Crippen molar-refractivity contribution in [3.8, 4) is 11.5 Å². The lowest BCUT2D eigenvalue weighted by Crippen LogP contribution is -2.22. The first-order valence-corrected chi connectivity index (χ1v) is 8.07. The maximum Gasteiger partial charge on any atom is 0.274 e. The molecular weight excluding hydrogens is 354 g/mol. The van der Waals surface area contributed by atoms with Crippen LogP contribution in [0.2, 0.25) is 0 Å². The molecule has 0 saturated heterocycles. The third-order valence-electron chi connectivity index (χ3n) is 4.01. The molecule has 0 aliphatic carbocycles. The summed E-state index contributed by atoms with van der Waals surface area (Å²) < 4.78 is 35.2. The Morgan fingerprint density at radius 2 is 1.93 bits per heavy atom. The van der Waals surface area contributed by atoms with Crippen LogP contribution in [-0.4, -0.2) is 14.5 Å². The van der Waals surface area contributed by atoms with Crippen molar-refractivity contribution >= 4 is 16.7 Å². The molecule has 0 aliphatic rings. The van der Waals surface area contributed by atoms with Crippen LogP contribution in [0.15, 0.2) is 59.5 Å². The van der Waals surface area contributed by atoms with E-state index in [0.717, 1.165) is 6.07 Å². The van der Waals surface area contributed by atoms with Crippen LogP contribution < -0.4 is 16.0 Å². The van der Waals surface area contributed by atoms with Crippen molar-refractivity contribution in [2.45, 2.75) is 6.54 Å². The number of nitrogen functional groups attached to an aromatic ring is 1. The summed E-state index contributed by atoms with van der Waals surface area (Å²) in [6, 6.07) is 12.6. The lowest BCUT2D eigenvalue weighted by atomic mass is 10.2. The maximum atomic E-state index is 14.3. The monoisotopic (exact) mass is 368 g/mol. The van der Waals surface area contributed by atoms with E-state index in [0.29, 0.717) is 11.6 Å². The number of H-pyrrole nitrogens is 1. The summed E-state index contributed by atoms with van der Waals surface area (Å²) >= 11 is 0. The van der Waals surface area contributed by atoms with Crippen LogP contribution in [-0.2, 0) is 6.54 Å². The van der Waals surface area contributed by atoms with E-state index in [2.05, 4.69) is 9.97 Å². The van der Waals surface area contributed by atoms with Crippen molar-refractivity contribution in [2.24, 2.45) is 0 Å². The summed E-state index contributed by atoms with van der Waals surface area (Å²) in [7, 11) is 0. The molecule has 0 aliphatic heterocycles. The molecule has 0 bridgehead atoms. The molecule has 0 unspecified atom stereocenters. The normalized spacial score (nSPS) is 11.0. The van der Waals surface area contributed by atoms with Gasteiger partial charge in [0.2, 0.25) is 5.82 Å². The second kappa shape index (κ2) is 6.56. The lowest BCUT2D eigenvalue weighted by Gasteiger charge is -2.07. The molecule has 0 spiro atoms. The van der Waals surface area contributed by atoms with E-state index in [1.807, 2.05) is 0 Å². The molecule has 27 heavy (non-hydrogen) atoms. The Balaban J connectivity index is 1.78. The minimum absolute atomic E-state index is 0.0621. The first-order valence-electron chi connectivity index (χ1n) is 8.07. The molecule has 3 N–H and O–H groups in total. The number of nitrogens with two attached hydrogens (primary N) is 1. The fourth-order valence-corrected chi connectivity index (χ4v) is 2.73. The number of imidazole rings is 1. The number of para-hydroxylation sites is 1. The number of anilines is 1. The Hall–Kier alpha value is -3.68. The van der Waals surface area contributed by atoms with Gasteiger partial charge >= 0.3 is 0 Å². The van der Waals surface area contributed by atoms with Crippen molar-refractivity contribution in [1.29, 1.82) is 0 Å². The molecular formula is C19H14F2N4O2. The Kier molecular flexibility index (Phi) is 4.08. The summed E-state index contributed by atoms with van der Waals surface area (Å²) in [6.45, 7) is 0.0621. The Morgan fingerprint density at radius 3 is 2.70 bits per heavy atom. The van der Waals surface area contributed by atoms with Crippen molar-refractivity contribution in [3.05, 3.63) is 82.5 Å². The predicted octanol–water partition coefficient (Wildman–Crippen LogP) is 3.43. The van der Waals surface area contributed by atoms with Crippen LogP contribution >= 0.6 is 0 Å². The van der Waals surface area contributed by atoms with E-state index in [-0.39, 0.29) is 34.6 Å². The predicted molar refractivity (Wildman–Crippen MR) is 96.7 cm³/mol. The number of ether oxygens (including phenoxy) is 1. The first-order chi connectivity index (χ1) is 13.0. The highest BCUT2D eigenvalue weighted by atomic mass is 19.2. The highest BCUT2D eigenvalue weighted by Gasteiger charge is 2.19. The van der Waals surface area contributed by atoms with Crippen LogP contribution in [0.3, 0.4) is 0 Å². The summed E-state index contributed by atoms with van der Waals surface area (Å²) in [5.41, 5.74) is 5.72. The second-order valence-corrected chi connectivity index (χ2v) is 5.89. The molecule has 136 valence electrons. The number of hydrogen-bond donors (Lipinski definition) is 2. The minimum Gasteiger partial charge on any atom is -0.452 e. The lowest BCUT2D eigenvalue weighted by molar-refractivity contribution is 0.421. The quantitative estimate of drug-likeness (QED) is 0.578. The highest BCUT2D eigenvalue weighted by molar-refractivity contribution is 5.82. The van der Waals surface area contributed by atoms with Gasteiger partial charge in [0.1, 0.15) is 17.1 Å². The fraction of sp³-hybridized carbons (Fsp3) is 0.0526. The Morgan fingerprint density at radius 1 is 1.15 bits per heavy atom. The molecule has 0 atom stereocenters. The van der Waals surface area contributed by atoms with Crippen molar-refractivity contribution < 1.29 is 13.5 Å². The number of aromatic nitrogens is 3. The van der Waals surface area contributed by atoms with Gasteiger partial charge in [-0.15, -0.1) is 0 Å². The number of pyridine rings is 1. The zero-order valence-corrected chi connectivity index (χ0v) is 13.9. The number of halogens is 2. The van der Waals surface area contributed by atoms with Crippen LogP contribution in [0.5, 0.6) is 11.5 Å². The van der Waals surface area contributed by atoms with Gasteiger partial charge in [0.05, 0.1) is 17.7 Å². The zero-order chi connectivity index (χ0) is 19.0. The van der Waals surface area contributed by atoms with E-state index in [4.69, 9.17) is 10.5 Å². The molecule has 0 saturated carbocycles. The summed E-state index contributed by atoms with van der Waals surface area (Å²) in [4.78, 5) is 19.2. The van der Waals surface area contributed by atoms with Gasteiger partial charge in [0.15, 0.2) is 11.6 Å². The topological polar surface area (TPSA) is 85.9 Å². The summed E-state index contributed by atoms with van der Waals surface area (Å²) in [5, 5.41) is 0. The molecule has 2 aromatic heterocycles. The molecule has 6 nitrogen and oxygen atoms in total. The average molecular weight is 368 g/mol. The van der Waals surface area contributed by atoms with E-state index in [9.17, 15) is 13.6 Å². The van der Waals surface area contributed by atoms with Crippen LogP contribution in [0.25, 0.3) is 11.0 Å². The number of rotatable bonds is 4. The van der Waals surface area contributed by atoms with E-state index in [1.54, 1.807) is 42.6 Å². The largest absolute Gasteiger partial charge is 0.452 e. The first kappa shape index (κ1) is 16.8. The van der Waals surface area contributed by atoms with Crippen molar-refractivity contribution in [1.82, 2.24) is 14.5 Å². The molecule has 0 amide bonds. The number of fused-ring (bicyclic) bond motifs is 1. The molecule has 8 heteroatoms. The van der Waals surface area contributed by atoms with E-state index >= 15 is 0 Å². The van der Waals surface area contributed by atoms with Crippen LogP contribution in [0, 0.1) is 11.6 Å². The summed E-state index contributed by atoms with van der Waals surface area (Å²) in [6.07, 6.45) is 1.55. The maximum absolute atomic E-state index is 14.3. The SMILES string of the molecule is Nc1cccn(Cc2nc3c(Oc4ccccc4)c(F)c(F)cc3[nH]2)c1=O. The van der Waals surface area contributed by atoms with E-state index in [1.165, 1.54) is 10.6 Å². The van der Waals surface area contributed by atoms with Gasteiger partial charge in [0.25, 0.3) is 5.56 Å². The van der Waals surface area contributed by atoms with Gasteiger partial charge in [-0.2, -0.15) is 4.39 Å². The standard InChI is InChI=1S/C19H14F2N4O2/c20-12-9-14-17(18(16(12)21)27-11-5-2-1-3-6-11)24-15(23-14)10-25-8-4-7-13(22)19(25)26/h1-9H,10,22H2,(H,23,24). The van der Waals surface area contributed by atoms with Gasteiger partial charge in [-0.3, -0.25) is 4.79 Å². The highest BCUT2D eigenvalue weighted by Crippen LogP contribution is 2.33. The number of benzene rings is 2. The molecule has 2 heterocycles. The van der Waals surface area contributed by atoms with Crippen molar-refractivity contribution in [2.75, 3.05) is 5.73 Å². The molecule has 0 fully saturated rings. The molecule has 4 rings (SSSR count). The molecule has 2 aromatic carbocycles. The van der Waals surface area contributed by atoms with E-state index < -0.39 is 11.6 Å². The van der Waals surface area contributed by atoms with Gasteiger partial charge in [0, 0.05) is 12.3 Å². The smallest absolute Gasteiger partial charge is 0.274 e.